The van der Waals surface area contributed by atoms with Crippen molar-refractivity contribution in [2.45, 2.75) is 257 Å². The van der Waals surface area contributed by atoms with Gasteiger partial charge in [0.25, 0.3) is 6.29 Å². The molecule has 0 rings (SSSR count). The molecule has 0 aromatic carbocycles. The number of rotatable bonds is 56. The first-order valence-electron chi connectivity index (χ1n) is 31.1. The number of carbonyl (C=O) groups is 3. The molecule has 0 radical (unpaired) electrons. The number of unbranched alkanes of at least 4 members (excludes halogenated alkanes) is 23. The summed E-state index contributed by atoms with van der Waals surface area (Å²) in [7, 11) is 5.96. The summed E-state index contributed by atoms with van der Waals surface area (Å²) < 4.78 is 22.8. The maximum absolute atomic E-state index is 12.9. The van der Waals surface area contributed by atoms with Crippen LogP contribution in [0.3, 0.4) is 0 Å². The van der Waals surface area contributed by atoms with Gasteiger partial charge in [-0.25, -0.2) is 4.79 Å². The average molecular weight is 1080 g/mol. The highest BCUT2D eigenvalue weighted by atomic mass is 16.7. The number of quaternary nitrogens is 1. The molecule has 0 amide bonds. The van der Waals surface area contributed by atoms with Gasteiger partial charge >= 0.3 is 17.9 Å². The van der Waals surface area contributed by atoms with Gasteiger partial charge in [0.05, 0.1) is 34.4 Å². The Labute approximate surface area is 473 Å². The highest BCUT2D eigenvalue weighted by Gasteiger charge is 2.25. The van der Waals surface area contributed by atoms with Crippen LogP contribution in [0.15, 0.2) is 109 Å². The van der Waals surface area contributed by atoms with Gasteiger partial charge in [-0.2, -0.15) is 0 Å². The summed E-state index contributed by atoms with van der Waals surface area (Å²) in [5, 5.41) is 9.68. The molecule has 9 nitrogen and oxygen atoms in total. The lowest BCUT2D eigenvalue weighted by atomic mass is 10.0. The monoisotopic (exact) mass is 1070 g/mol. The number of carboxylic acid groups (broad SMARTS) is 1. The van der Waals surface area contributed by atoms with E-state index in [-0.39, 0.29) is 32.2 Å². The Bertz CT molecular complexity index is 1630. The van der Waals surface area contributed by atoms with Crippen molar-refractivity contribution in [3.8, 4) is 0 Å². The van der Waals surface area contributed by atoms with Crippen LogP contribution in [-0.2, 0) is 33.3 Å². The Balaban J connectivity index is 4.04. The molecule has 77 heavy (non-hydrogen) atoms. The molecular weight excluding hydrogens is 959 g/mol. The van der Waals surface area contributed by atoms with Crippen molar-refractivity contribution in [1.29, 1.82) is 0 Å². The topological polar surface area (TPSA) is 108 Å². The fraction of sp³-hybridized carbons (Fsp3) is 0.691. The minimum absolute atomic E-state index is 0.183. The molecule has 2 atom stereocenters. The molecule has 0 aliphatic carbocycles. The standard InChI is InChI=1S/C68H115NO8/c1-6-8-10-12-14-16-18-19-20-21-22-23-24-25-26-27-28-29-30-31-32-33-34-35-36-37-38-39-40-41-42-43-44-45-46-47-49-51-53-55-57-59-66(71)77-64(63-76-68(67(72)73)74-61-60-69(3,4)5)62-75-65(70)58-56-54-52-50-48-17-15-13-11-9-7-2/h8,10,14,16,19-20,22-23,25-26,28-29,31-32,34-35,37-38,64,68H,6-7,9,11-13,15,17-18,21,24,27,30,33,36,39-63H2,1-5H3/p+1/b10-8-,16-14-,20-19-,23-22-,26-25-,29-28-,32-31-,35-34-,38-37-. The number of likely N-dealkylation sites (N-methyl/N-ethyl adjacent to an activating group) is 1. The van der Waals surface area contributed by atoms with Crippen molar-refractivity contribution in [3.05, 3.63) is 109 Å². The summed E-state index contributed by atoms with van der Waals surface area (Å²) in [6, 6.07) is 0. The Kier molecular flexibility index (Phi) is 55.1. The molecule has 440 valence electrons. The maximum Gasteiger partial charge on any atom is 0.361 e. The maximum atomic E-state index is 12.9. The van der Waals surface area contributed by atoms with E-state index < -0.39 is 24.3 Å². The summed E-state index contributed by atoms with van der Waals surface area (Å²) >= 11 is 0. The molecule has 0 aromatic rings. The number of carbonyl (C=O) groups excluding carboxylic acids is 2. The molecule has 0 aliphatic rings. The predicted molar refractivity (Wildman–Crippen MR) is 327 cm³/mol. The predicted octanol–water partition coefficient (Wildman–Crippen LogP) is 18.7. The SMILES string of the molecule is CC/C=C\C/C=C\C/C=C\C/C=C\C/C=C\C/C=C\C/C=C\C/C=C\C/C=C\CCCCCCCCCCCCCCCC(=O)OC(COC(=O)CCCCCCCCCCCCC)COC(OCC[N+](C)(C)C)C(=O)O. The van der Waals surface area contributed by atoms with Gasteiger partial charge in [0.1, 0.15) is 13.2 Å². The molecular formula is C68H116NO8+. The summed E-state index contributed by atoms with van der Waals surface area (Å²) in [5.41, 5.74) is 0. The summed E-state index contributed by atoms with van der Waals surface area (Å²) in [4.78, 5) is 37.3. The smallest absolute Gasteiger partial charge is 0.361 e. The summed E-state index contributed by atoms with van der Waals surface area (Å²) in [5.74, 6) is -2.01. The summed E-state index contributed by atoms with van der Waals surface area (Å²) in [6.45, 7) is 4.75. The lowest BCUT2D eigenvalue weighted by Gasteiger charge is -2.25. The first-order chi connectivity index (χ1) is 37.6. The lowest BCUT2D eigenvalue weighted by molar-refractivity contribution is -0.870. The largest absolute Gasteiger partial charge is 0.477 e. The fourth-order valence-corrected chi connectivity index (χ4v) is 8.30. The zero-order valence-corrected chi connectivity index (χ0v) is 50.1. The molecule has 0 aromatic heterocycles. The van der Waals surface area contributed by atoms with Crippen LogP contribution in [0.1, 0.15) is 245 Å². The number of aliphatic carboxylic acids is 1. The van der Waals surface area contributed by atoms with Gasteiger partial charge in [-0.1, -0.05) is 258 Å². The van der Waals surface area contributed by atoms with Crippen molar-refractivity contribution in [1.82, 2.24) is 0 Å². The zero-order valence-electron chi connectivity index (χ0n) is 50.1. The molecule has 9 heteroatoms. The molecule has 2 unspecified atom stereocenters. The van der Waals surface area contributed by atoms with E-state index in [1.54, 1.807) is 0 Å². The second kappa shape index (κ2) is 58.1. The molecule has 0 heterocycles. The van der Waals surface area contributed by atoms with Crippen molar-refractivity contribution in [2.75, 3.05) is 47.5 Å². The number of nitrogens with zero attached hydrogens (tertiary/aromatic N) is 1. The van der Waals surface area contributed by atoms with Crippen LogP contribution < -0.4 is 0 Å². The molecule has 0 bridgehead atoms. The number of hydrogen-bond donors (Lipinski definition) is 1. The number of carboxylic acids is 1. The third kappa shape index (κ3) is 59.5. The Morgan fingerprint density at radius 2 is 0.740 bits per heavy atom. The first kappa shape index (κ1) is 73.0. The van der Waals surface area contributed by atoms with E-state index in [9.17, 15) is 19.5 Å². The quantitative estimate of drug-likeness (QED) is 0.0211. The van der Waals surface area contributed by atoms with Gasteiger partial charge in [0.15, 0.2) is 6.10 Å². The molecule has 0 saturated carbocycles. The summed E-state index contributed by atoms with van der Waals surface area (Å²) in [6.07, 6.45) is 77.6. The number of allylic oxidation sites excluding steroid dienone is 18. The molecule has 0 saturated heterocycles. The molecule has 1 N–H and O–H groups in total. The molecule has 0 aliphatic heterocycles. The third-order valence-electron chi connectivity index (χ3n) is 13.0. The Hall–Kier alpha value is -4.05. The number of esters is 2. The zero-order chi connectivity index (χ0) is 56.2. The van der Waals surface area contributed by atoms with Crippen LogP contribution in [-0.4, -0.2) is 87.4 Å². The van der Waals surface area contributed by atoms with Crippen molar-refractivity contribution < 1.29 is 42.9 Å². The van der Waals surface area contributed by atoms with Gasteiger partial charge in [0.2, 0.25) is 0 Å². The van der Waals surface area contributed by atoms with E-state index in [1.165, 1.54) is 116 Å². The van der Waals surface area contributed by atoms with Gasteiger partial charge in [-0.05, 0) is 83.5 Å². The van der Waals surface area contributed by atoms with Crippen LogP contribution in [0.5, 0.6) is 0 Å². The molecule has 0 fully saturated rings. The van der Waals surface area contributed by atoms with Crippen molar-refractivity contribution in [3.63, 3.8) is 0 Å². The van der Waals surface area contributed by atoms with Crippen LogP contribution in [0.2, 0.25) is 0 Å². The second-order valence-electron chi connectivity index (χ2n) is 21.6. The van der Waals surface area contributed by atoms with Crippen LogP contribution in [0.25, 0.3) is 0 Å². The van der Waals surface area contributed by atoms with E-state index in [1.807, 2.05) is 21.1 Å². The van der Waals surface area contributed by atoms with Gasteiger partial charge in [-0.15, -0.1) is 0 Å². The van der Waals surface area contributed by atoms with E-state index in [2.05, 4.69) is 123 Å². The minimum atomic E-state index is -1.51. The number of ether oxygens (including phenoxy) is 4. The van der Waals surface area contributed by atoms with Crippen LogP contribution in [0.4, 0.5) is 0 Å². The molecule has 0 spiro atoms. The van der Waals surface area contributed by atoms with Gasteiger partial charge in [-0.3, -0.25) is 9.59 Å². The fourth-order valence-electron chi connectivity index (χ4n) is 8.30. The van der Waals surface area contributed by atoms with Crippen molar-refractivity contribution >= 4 is 17.9 Å². The van der Waals surface area contributed by atoms with Gasteiger partial charge < -0.3 is 28.5 Å². The van der Waals surface area contributed by atoms with E-state index in [0.29, 0.717) is 17.4 Å². The highest BCUT2D eigenvalue weighted by molar-refractivity contribution is 5.71. The van der Waals surface area contributed by atoms with E-state index >= 15 is 0 Å². The van der Waals surface area contributed by atoms with E-state index in [0.717, 1.165) is 103 Å². The average Bonchev–Trinajstić information content (AvgIpc) is 3.40. The number of hydrogen-bond acceptors (Lipinski definition) is 7. The second-order valence-corrected chi connectivity index (χ2v) is 21.6. The highest BCUT2D eigenvalue weighted by Crippen LogP contribution is 2.16. The van der Waals surface area contributed by atoms with E-state index in [4.69, 9.17) is 18.9 Å². The van der Waals surface area contributed by atoms with Crippen LogP contribution >= 0.6 is 0 Å². The lowest BCUT2D eigenvalue weighted by Crippen LogP contribution is -2.40. The normalized spacial score (nSPS) is 13.5. The van der Waals surface area contributed by atoms with Crippen molar-refractivity contribution in [2.24, 2.45) is 0 Å². The van der Waals surface area contributed by atoms with Gasteiger partial charge in [0, 0.05) is 12.8 Å². The Morgan fingerprint density at radius 1 is 0.403 bits per heavy atom. The van der Waals surface area contributed by atoms with Crippen LogP contribution in [0, 0.1) is 0 Å². The first-order valence-corrected chi connectivity index (χ1v) is 31.1. The third-order valence-corrected chi connectivity index (χ3v) is 13.0. The Morgan fingerprint density at radius 3 is 1.10 bits per heavy atom. The minimum Gasteiger partial charge on any atom is -0.477 e.